The first kappa shape index (κ1) is 28.4. The molecule has 0 aliphatic carbocycles. The molecule has 0 aliphatic rings. The van der Waals surface area contributed by atoms with Crippen molar-refractivity contribution in [2.24, 2.45) is 0 Å². The summed E-state index contributed by atoms with van der Waals surface area (Å²) in [4.78, 5) is 23.8. The molecule has 0 unspecified atom stereocenters. The van der Waals surface area contributed by atoms with E-state index in [-0.39, 0.29) is 48.8 Å². The SMILES string of the molecule is COC(=O)c1ccccc1NS(=O)(=O)c1ccc2c(S(=O)(=O)Nc3ccccc3C(=O)OC)c(OC)ccc2c1. The standard InChI is InChI=1S/C27H24N2O9S2/c1-36-24-15-12-17-16-18(39(32,33)28-22-10-6-4-8-20(22)26(30)37-2)13-14-19(17)25(24)40(34,35)29-23-11-7-5-9-21(23)27(31)38-3/h4-16,28-29H,1-3H3. The number of sulfonamides is 2. The van der Waals surface area contributed by atoms with Crippen molar-refractivity contribution in [3.05, 3.63) is 90.0 Å². The Kier molecular flexibility index (Phi) is 7.98. The first-order valence-electron chi connectivity index (χ1n) is 11.5. The van der Waals surface area contributed by atoms with Gasteiger partial charge in [0.15, 0.2) is 0 Å². The van der Waals surface area contributed by atoms with Crippen LogP contribution in [0.1, 0.15) is 20.7 Å². The van der Waals surface area contributed by atoms with Gasteiger partial charge in [0.25, 0.3) is 20.0 Å². The molecule has 0 spiro atoms. The summed E-state index contributed by atoms with van der Waals surface area (Å²) >= 11 is 0. The second-order valence-electron chi connectivity index (χ2n) is 8.27. The van der Waals surface area contributed by atoms with Crippen molar-refractivity contribution in [2.45, 2.75) is 9.79 Å². The Morgan fingerprint density at radius 3 is 1.70 bits per heavy atom. The van der Waals surface area contributed by atoms with E-state index in [1.807, 2.05) is 0 Å². The Morgan fingerprint density at radius 2 is 1.18 bits per heavy atom. The molecular formula is C27H24N2O9S2. The topological polar surface area (TPSA) is 154 Å². The van der Waals surface area contributed by atoms with Crippen LogP contribution >= 0.6 is 0 Å². The molecular weight excluding hydrogens is 560 g/mol. The number of esters is 2. The molecule has 0 saturated carbocycles. The Bertz CT molecular complexity index is 1840. The Balaban J connectivity index is 1.78. The van der Waals surface area contributed by atoms with Crippen LogP contribution in [-0.4, -0.2) is 50.1 Å². The number of fused-ring (bicyclic) bond motifs is 1. The number of anilines is 2. The highest BCUT2D eigenvalue weighted by molar-refractivity contribution is 7.93. The number of hydrogen-bond acceptors (Lipinski definition) is 9. The minimum Gasteiger partial charge on any atom is -0.495 e. The van der Waals surface area contributed by atoms with Gasteiger partial charge in [0.05, 0.1) is 48.7 Å². The van der Waals surface area contributed by atoms with Crippen LogP contribution in [0.2, 0.25) is 0 Å². The van der Waals surface area contributed by atoms with Gasteiger partial charge in [0, 0.05) is 5.39 Å². The summed E-state index contributed by atoms with van der Waals surface area (Å²) in [5, 5.41) is 0.433. The molecule has 0 bridgehead atoms. The van der Waals surface area contributed by atoms with E-state index in [0.29, 0.717) is 0 Å². The Labute approximate surface area is 230 Å². The second-order valence-corrected chi connectivity index (χ2v) is 11.6. The number of carbonyl (C=O) groups excluding carboxylic acids is 2. The zero-order valence-corrected chi connectivity index (χ0v) is 23.1. The lowest BCUT2D eigenvalue weighted by Crippen LogP contribution is -2.18. The number of carbonyl (C=O) groups is 2. The number of benzene rings is 4. The molecule has 0 saturated heterocycles. The van der Waals surface area contributed by atoms with Gasteiger partial charge in [-0.1, -0.05) is 36.4 Å². The van der Waals surface area contributed by atoms with Gasteiger partial charge in [0.1, 0.15) is 10.6 Å². The first-order chi connectivity index (χ1) is 19.0. The van der Waals surface area contributed by atoms with Crippen LogP contribution in [-0.2, 0) is 29.5 Å². The maximum Gasteiger partial charge on any atom is 0.339 e. The predicted molar refractivity (Wildman–Crippen MR) is 148 cm³/mol. The van der Waals surface area contributed by atoms with Crippen LogP contribution in [0.3, 0.4) is 0 Å². The summed E-state index contributed by atoms with van der Waals surface area (Å²) in [7, 11) is -4.91. The van der Waals surface area contributed by atoms with Gasteiger partial charge in [-0.25, -0.2) is 26.4 Å². The van der Waals surface area contributed by atoms with Gasteiger partial charge in [-0.3, -0.25) is 9.44 Å². The number of methoxy groups -OCH3 is 3. The van der Waals surface area contributed by atoms with Crippen molar-refractivity contribution in [3.63, 3.8) is 0 Å². The van der Waals surface area contributed by atoms with Crippen molar-refractivity contribution in [2.75, 3.05) is 30.8 Å². The molecule has 0 heterocycles. The molecule has 40 heavy (non-hydrogen) atoms. The van der Waals surface area contributed by atoms with Gasteiger partial charge in [-0.05, 0) is 47.9 Å². The molecule has 13 heteroatoms. The number of rotatable bonds is 9. The fourth-order valence-corrected chi connectivity index (χ4v) is 6.56. The van der Waals surface area contributed by atoms with E-state index in [0.717, 1.165) is 0 Å². The van der Waals surface area contributed by atoms with Crippen LogP contribution < -0.4 is 14.2 Å². The van der Waals surface area contributed by atoms with E-state index in [2.05, 4.69) is 9.44 Å². The second kappa shape index (κ2) is 11.2. The fourth-order valence-electron chi connectivity index (χ4n) is 3.98. The van der Waals surface area contributed by atoms with Gasteiger partial charge in [0.2, 0.25) is 0 Å². The highest BCUT2D eigenvalue weighted by atomic mass is 32.2. The van der Waals surface area contributed by atoms with Crippen molar-refractivity contribution >= 4 is 54.1 Å². The maximum atomic E-state index is 13.6. The summed E-state index contributed by atoms with van der Waals surface area (Å²) in [6.45, 7) is 0. The van der Waals surface area contributed by atoms with E-state index in [4.69, 9.17) is 14.2 Å². The molecule has 0 amide bonds. The zero-order valence-electron chi connectivity index (χ0n) is 21.5. The summed E-state index contributed by atoms with van der Waals surface area (Å²) in [5.74, 6) is -1.46. The molecule has 2 N–H and O–H groups in total. The van der Waals surface area contributed by atoms with Crippen molar-refractivity contribution in [3.8, 4) is 5.75 Å². The molecule has 0 atom stereocenters. The molecule has 0 radical (unpaired) electrons. The third kappa shape index (κ3) is 5.55. The van der Waals surface area contributed by atoms with E-state index < -0.39 is 32.0 Å². The third-order valence-corrected chi connectivity index (χ3v) is 8.67. The number of ether oxygens (including phenoxy) is 3. The Morgan fingerprint density at radius 1 is 0.650 bits per heavy atom. The molecule has 4 rings (SSSR count). The molecule has 0 aliphatic heterocycles. The summed E-state index contributed by atoms with van der Waals surface area (Å²) < 4.78 is 73.2. The summed E-state index contributed by atoms with van der Waals surface area (Å²) in [6.07, 6.45) is 0. The first-order valence-corrected chi connectivity index (χ1v) is 14.5. The van der Waals surface area contributed by atoms with Crippen molar-refractivity contribution in [1.29, 1.82) is 0 Å². The maximum absolute atomic E-state index is 13.6. The molecule has 4 aromatic rings. The average molecular weight is 585 g/mol. The monoisotopic (exact) mass is 584 g/mol. The number of hydrogen-bond donors (Lipinski definition) is 2. The van der Waals surface area contributed by atoms with E-state index >= 15 is 0 Å². The van der Waals surface area contributed by atoms with Crippen molar-refractivity contribution < 1.29 is 40.6 Å². The lowest BCUT2D eigenvalue weighted by Gasteiger charge is -2.16. The lowest BCUT2D eigenvalue weighted by molar-refractivity contribution is 0.0593. The van der Waals surface area contributed by atoms with Crippen LogP contribution in [0.4, 0.5) is 11.4 Å². The van der Waals surface area contributed by atoms with Crippen LogP contribution in [0.5, 0.6) is 5.75 Å². The molecule has 4 aromatic carbocycles. The van der Waals surface area contributed by atoms with Crippen LogP contribution in [0, 0.1) is 0 Å². The molecule has 0 fully saturated rings. The van der Waals surface area contributed by atoms with E-state index in [1.54, 1.807) is 24.3 Å². The number of para-hydroxylation sites is 2. The van der Waals surface area contributed by atoms with Gasteiger partial charge in [-0.15, -0.1) is 0 Å². The fraction of sp³-hybridized carbons (Fsp3) is 0.111. The van der Waals surface area contributed by atoms with Crippen LogP contribution in [0.15, 0.2) is 88.7 Å². The predicted octanol–water partition coefficient (Wildman–Crippen LogP) is 4.02. The van der Waals surface area contributed by atoms with Gasteiger partial charge < -0.3 is 14.2 Å². The average Bonchev–Trinajstić information content (AvgIpc) is 2.95. The zero-order chi connectivity index (χ0) is 29.1. The molecule has 11 nitrogen and oxygen atoms in total. The van der Waals surface area contributed by atoms with Gasteiger partial charge in [-0.2, -0.15) is 0 Å². The van der Waals surface area contributed by atoms with Crippen molar-refractivity contribution in [1.82, 2.24) is 0 Å². The molecule has 208 valence electrons. The van der Waals surface area contributed by atoms with Gasteiger partial charge >= 0.3 is 11.9 Å². The normalized spacial score (nSPS) is 11.5. The largest absolute Gasteiger partial charge is 0.495 e. The van der Waals surface area contributed by atoms with E-state index in [9.17, 15) is 26.4 Å². The highest BCUT2D eigenvalue weighted by Gasteiger charge is 2.26. The van der Waals surface area contributed by atoms with E-state index in [1.165, 1.54) is 75.9 Å². The Hall–Kier alpha value is -4.62. The summed E-state index contributed by atoms with van der Waals surface area (Å²) in [6, 6.07) is 18.6. The third-order valence-electron chi connectivity index (χ3n) is 5.86. The minimum atomic E-state index is -4.36. The highest BCUT2D eigenvalue weighted by Crippen LogP contribution is 2.35. The number of nitrogens with one attached hydrogen (secondary N) is 2. The van der Waals surface area contributed by atoms with Crippen LogP contribution in [0.25, 0.3) is 10.8 Å². The summed E-state index contributed by atoms with van der Waals surface area (Å²) in [5.41, 5.74) is 0.0206. The quantitative estimate of drug-likeness (QED) is 0.278. The molecule has 0 aromatic heterocycles. The minimum absolute atomic E-state index is 0.000492. The lowest BCUT2D eigenvalue weighted by atomic mass is 10.1. The smallest absolute Gasteiger partial charge is 0.339 e.